The largest absolute Gasteiger partial charge is 0.394 e. The highest BCUT2D eigenvalue weighted by atomic mass is 19.1. The van der Waals surface area contributed by atoms with E-state index >= 15 is 0 Å². The topological polar surface area (TPSA) is 105 Å². The van der Waals surface area contributed by atoms with Gasteiger partial charge in [0.15, 0.2) is 12.4 Å². The summed E-state index contributed by atoms with van der Waals surface area (Å²) in [5.74, 6) is 0. The average Bonchev–Trinajstić information content (AvgIpc) is 2.61. The monoisotopic (exact) mass is 260 g/mol. The van der Waals surface area contributed by atoms with Crippen LogP contribution in [-0.2, 0) is 4.74 Å². The summed E-state index contributed by atoms with van der Waals surface area (Å²) in [6, 6.07) is 0. The second-order valence-electron chi connectivity index (χ2n) is 4.16. The summed E-state index contributed by atoms with van der Waals surface area (Å²) in [5, 5.41) is 18.3. The molecule has 0 bridgehead atoms. The Morgan fingerprint density at radius 1 is 1.56 bits per heavy atom. The number of aliphatic hydroxyl groups excluding tert-OH is 2. The summed E-state index contributed by atoms with van der Waals surface area (Å²) in [7, 11) is 0. The Balaban J connectivity index is 2.42. The zero-order valence-electron chi connectivity index (χ0n) is 9.54. The van der Waals surface area contributed by atoms with Crippen molar-refractivity contribution in [2.45, 2.75) is 31.5 Å². The summed E-state index contributed by atoms with van der Waals surface area (Å²) in [5.41, 5.74) is -1.18. The van der Waals surface area contributed by atoms with Gasteiger partial charge in [-0.05, 0) is 6.92 Å². The van der Waals surface area contributed by atoms with E-state index < -0.39 is 42.5 Å². The van der Waals surface area contributed by atoms with E-state index in [4.69, 9.17) is 9.84 Å². The van der Waals surface area contributed by atoms with Crippen LogP contribution in [0.15, 0.2) is 15.8 Å². The number of halogens is 1. The maximum absolute atomic E-state index is 13.8. The fourth-order valence-corrected chi connectivity index (χ4v) is 1.85. The number of aromatic nitrogens is 2. The van der Waals surface area contributed by atoms with Crippen molar-refractivity contribution in [2.24, 2.45) is 0 Å². The molecule has 2 rings (SSSR count). The lowest BCUT2D eigenvalue weighted by atomic mass is 10.1. The van der Waals surface area contributed by atoms with Crippen molar-refractivity contribution in [3.8, 4) is 0 Å². The molecule has 0 radical (unpaired) electrons. The number of hydrogen-bond donors (Lipinski definition) is 3. The third-order valence-corrected chi connectivity index (χ3v) is 2.89. The Morgan fingerprint density at radius 2 is 2.22 bits per heavy atom. The fourth-order valence-electron chi connectivity index (χ4n) is 1.85. The highest BCUT2D eigenvalue weighted by Gasteiger charge is 2.45. The molecule has 4 atom stereocenters. The van der Waals surface area contributed by atoms with Crippen LogP contribution in [-0.4, -0.2) is 44.8 Å². The summed E-state index contributed by atoms with van der Waals surface area (Å²) in [6.45, 7) is 0.895. The lowest BCUT2D eigenvalue weighted by Crippen LogP contribution is -2.36. The van der Waals surface area contributed by atoms with Gasteiger partial charge in [0, 0.05) is 11.8 Å². The molecule has 7 nitrogen and oxygen atoms in total. The number of aryl methyl sites for hydroxylation is 1. The molecule has 1 aliphatic rings. The second kappa shape index (κ2) is 4.63. The minimum absolute atomic E-state index is 0.215. The lowest BCUT2D eigenvalue weighted by molar-refractivity contribution is -0.0492. The first-order valence-electron chi connectivity index (χ1n) is 5.36. The number of nitrogens with one attached hydrogen (secondary N) is 1. The third kappa shape index (κ3) is 1.98. The summed E-state index contributed by atoms with van der Waals surface area (Å²) < 4.78 is 19.7. The Labute approximate surface area is 100 Å². The first-order chi connectivity index (χ1) is 8.45. The molecule has 0 aromatic carbocycles. The predicted molar refractivity (Wildman–Crippen MR) is 58.0 cm³/mol. The van der Waals surface area contributed by atoms with Crippen molar-refractivity contribution in [1.82, 2.24) is 9.55 Å². The van der Waals surface area contributed by atoms with Gasteiger partial charge >= 0.3 is 5.69 Å². The van der Waals surface area contributed by atoms with Crippen LogP contribution in [0.25, 0.3) is 0 Å². The van der Waals surface area contributed by atoms with Crippen molar-refractivity contribution < 1.29 is 19.3 Å². The number of aromatic amines is 1. The van der Waals surface area contributed by atoms with E-state index in [0.717, 1.165) is 10.8 Å². The van der Waals surface area contributed by atoms with E-state index in [1.165, 1.54) is 6.92 Å². The van der Waals surface area contributed by atoms with Gasteiger partial charge in [-0.2, -0.15) is 0 Å². The Morgan fingerprint density at radius 3 is 2.78 bits per heavy atom. The Hall–Kier alpha value is -1.51. The normalized spacial score (nSPS) is 31.8. The molecule has 8 heteroatoms. The number of ether oxygens (including phenoxy) is 1. The number of rotatable bonds is 2. The van der Waals surface area contributed by atoms with Crippen molar-refractivity contribution >= 4 is 0 Å². The highest BCUT2D eigenvalue weighted by molar-refractivity contribution is 5.03. The Kier molecular flexibility index (Phi) is 3.33. The Bertz CT molecular complexity index is 554. The molecule has 1 aromatic rings. The number of aliphatic hydroxyl groups is 2. The van der Waals surface area contributed by atoms with Crippen LogP contribution < -0.4 is 11.2 Å². The molecule has 1 aliphatic heterocycles. The molecule has 3 N–H and O–H groups in total. The summed E-state index contributed by atoms with van der Waals surface area (Å²) in [6.07, 6.45) is -4.67. The minimum atomic E-state index is -1.86. The first kappa shape index (κ1) is 12.9. The van der Waals surface area contributed by atoms with Crippen LogP contribution in [0, 0.1) is 6.92 Å². The maximum Gasteiger partial charge on any atom is 0.330 e. The van der Waals surface area contributed by atoms with Gasteiger partial charge in [-0.15, -0.1) is 0 Å². The quantitative estimate of drug-likeness (QED) is 0.596. The van der Waals surface area contributed by atoms with Gasteiger partial charge in [-0.3, -0.25) is 14.3 Å². The molecule has 2 heterocycles. The third-order valence-electron chi connectivity index (χ3n) is 2.89. The molecular formula is C10H13FN2O5. The van der Waals surface area contributed by atoms with Crippen LogP contribution in [0.3, 0.4) is 0 Å². The van der Waals surface area contributed by atoms with E-state index in [9.17, 15) is 19.1 Å². The molecule has 1 unspecified atom stereocenters. The van der Waals surface area contributed by atoms with E-state index in [0.29, 0.717) is 0 Å². The average molecular weight is 260 g/mol. The zero-order chi connectivity index (χ0) is 13.4. The van der Waals surface area contributed by atoms with Crippen LogP contribution in [0.4, 0.5) is 4.39 Å². The molecule has 1 saturated heterocycles. The van der Waals surface area contributed by atoms with Crippen molar-refractivity contribution in [3.05, 3.63) is 32.6 Å². The molecule has 0 aliphatic carbocycles. The zero-order valence-corrected chi connectivity index (χ0v) is 9.54. The van der Waals surface area contributed by atoms with Gasteiger partial charge in [-0.1, -0.05) is 0 Å². The molecular weight excluding hydrogens is 247 g/mol. The van der Waals surface area contributed by atoms with Crippen LogP contribution in [0.1, 0.15) is 11.8 Å². The van der Waals surface area contributed by atoms with Crippen LogP contribution in [0.2, 0.25) is 0 Å². The van der Waals surface area contributed by atoms with Crippen molar-refractivity contribution in [3.63, 3.8) is 0 Å². The van der Waals surface area contributed by atoms with Crippen LogP contribution >= 0.6 is 0 Å². The SMILES string of the molecule is Cc1cn([C@H]2O[C@@H](CO)[C@@H](O)C2F)c(=O)[nH]c1=O. The number of H-pyrrole nitrogens is 1. The summed E-state index contributed by atoms with van der Waals surface area (Å²) in [4.78, 5) is 24.7. The van der Waals surface area contributed by atoms with Gasteiger partial charge in [0.25, 0.3) is 5.56 Å². The lowest BCUT2D eigenvalue weighted by Gasteiger charge is -2.15. The summed E-state index contributed by atoms with van der Waals surface area (Å²) >= 11 is 0. The molecule has 1 fully saturated rings. The molecule has 0 spiro atoms. The smallest absolute Gasteiger partial charge is 0.330 e. The second-order valence-corrected chi connectivity index (χ2v) is 4.16. The fraction of sp³-hybridized carbons (Fsp3) is 0.600. The first-order valence-corrected chi connectivity index (χ1v) is 5.36. The molecule has 100 valence electrons. The number of alkyl halides is 1. The molecule has 1 aromatic heterocycles. The number of nitrogens with zero attached hydrogens (tertiary/aromatic N) is 1. The van der Waals surface area contributed by atoms with Gasteiger partial charge < -0.3 is 14.9 Å². The minimum Gasteiger partial charge on any atom is -0.394 e. The van der Waals surface area contributed by atoms with Gasteiger partial charge in [-0.25, -0.2) is 9.18 Å². The van der Waals surface area contributed by atoms with Crippen molar-refractivity contribution in [1.29, 1.82) is 0 Å². The standard InChI is InChI=1S/C10H13FN2O5/c1-4-2-13(10(17)12-8(4)16)9-6(11)7(15)5(3-14)18-9/h2,5-7,9,14-15H,3H2,1H3,(H,12,16,17)/t5-,6?,7+,9-/m0/s1. The maximum atomic E-state index is 13.8. The number of hydrogen-bond acceptors (Lipinski definition) is 5. The van der Waals surface area contributed by atoms with Gasteiger partial charge in [0.2, 0.25) is 0 Å². The molecule has 18 heavy (non-hydrogen) atoms. The van der Waals surface area contributed by atoms with E-state index in [-0.39, 0.29) is 5.56 Å². The van der Waals surface area contributed by atoms with E-state index in [2.05, 4.69) is 0 Å². The van der Waals surface area contributed by atoms with E-state index in [1.54, 1.807) is 0 Å². The predicted octanol–water partition coefficient (Wildman–Crippen LogP) is -1.57. The highest BCUT2D eigenvalue weighted by Crippen LogP contribution is 2.30. The van der Waals surface area contributed by atoms with E-state index in [1.807, 2.05) is 4.98 Å². The van der Waals surface area contributed by atoms with Crippen LogP contribution in [0.5, 0.6) is 0 Å². The molecule has 0 saturated carbocycles. The molecule has 0 amide bonds. The van der Waals surface area contributed by atoms with Gasteiger partial charge in [0.1, 0.15) is 12.2 Å². The van der Waals surface area contributed by atoms with Crippen molar-refractivity contribution in [2.75, 3.05) is 6.61 Å². The van der Waals surface area contributed by atoms with Gasteiger partial charge in [0.05, 0.1) is 6.61 Å².